The van der Waals surface area contributed by atoms with Crippen molar-refractivity contribution in [1.82, 2.24) is 4.90 Å². The molecule has 0 radical (unpaired) electrons. The molecule has 0 atom stereocenters. The van der Waals surface area contributed by atoms with Crippen LogP contribution in [-0.4, -0.2) is 23.9 Å². The number of carbonyl (C=O) groups is 1. The van der Waals surface area contributed by atoms with E-state index in [0.717, 1.165) is 6.42 Å². The number of allylic oxidation sites excluding steroid dienone is 1. The summed E-state index contributed by atoms with van der Waals surface area (Å²) in [5.41, 5.74) is 0. The van der Waals surface area contributed by atoms with E-state index < -0.39 is 0 Å². The van der Waals surface area contributed by atoms with E-state index in [1.165, 1.54) is 0 Å². The van der Waals surface area contributed by atoms with Crippen LogP contribution in [0.15, 0.2) is 12.7 Å². The van der Waals surface area contributed by atoms with Crippen molar-refractivity contribution in [3.63, 3.8) is 0 Å². The third kappa shape index (κ3) is 3.82. The number of nitrogens with zero attached hydrogens (tertiary/aromatic N) is 1. The maximum Gasteiger partial charge on any atom is 0.223 e. The molecule has 1 amide bonds. The molecule has 0 unspecified atom stereocenters. The molecule has 0 aromatic rings. The molecule has 2 heteroatoms. The van der Waals surface area contributed by atoms with E-state index in [4.69, 9.17) is 6.42 Å². The van der Waals surface area contributed by atoms with Gasteiger partial charge in [0.05, 0.1) is 6.54 Å². The molecular formula is C10H15NO. The second-order valence-electron chi connectivity index (χ2n) is 2.44. The van der Waals surface area contributed by atoms with Crippen molar-refractivity contribution in [2.45, 2.75) is 19.8 Å². The van der Waals surface area contributed by atoms with Crippen LogP contribution in [0.5, 0.6) is 0 Å². The predicted molar refractivity (Wildman–Crippen MR) is 50.5 cm³/mol. The molecular weight excluding hydrogens is 150 g/mol. The summed E-state index contributed by atoms with van der Waals surface area (Å²) in [7, 11) is 0. The highest BCUT2D eigenvalue weighted by Crippen LogP contribution is 1.97. The van der Waals surface area contributed by atoms with E-state index in [9.17, 15) is 4.79 Å². The molecule has 0 aromatic carbocycles. The highest BCUT2D eigenvalue weighted by Gasteiger charge is 2.07. The largest absolute Gasteiger partial charge is 0.332 e. The lowest BCUT2D eigenvalue weighted by Gasteiger charge is -2.17. The lowest BCUT2D eigenvalue weighted by Crippen LogP contribution is -2.30. The van der Waals surface area contributed by atoms with Gasteiger partial charge in [0, 0.05) is 13.0 Å². The van der Waals surface area contributed by atoms with Gasteiger partial charge < -0.3 is 4.90 Å². The Kier molecular flexibility index (Phi) is 5.81. The van der Waals surface area contributed by atoms with E-state index >= 15 is 0 Å². The standard InChI is InChI=1S/C10H15NO/c1-4-7-8-10(12)11(6-3)9-5-2/h2,4H,1,6-9H2,3H3. The topological polar surface area (TPSA) is 20.3 Å². The summed E-state index contributed by atoms with van der Waals surface area (Å²) in [5.74, 6) is 2.56. The van der Waals surface area contributed by atoms with Gasteiger partial charge in [0.2, 0.25) is 5.91 Å². The molecule has 0 aliphatic heterocycles. The average molecular weight is 165 g/mol. The Morgan fingerprint density at radius 3 is 2.83 bits per heavy atom. The number of hydrogen-bond acceptors (Lipinski definition) is 1. The lowest BCUT2D eigenvalue weighted by atomic mass is 10.2. The molecule has 0 spiro atoms. The fraction of sp³-hybridized carbons (Fsp3) is 0.500. The van der Waals surface area contributed by atoms with Gasteiger partial charge in [-0.25, -0.2) is 0 Å². The number of hydrogen-bond donors (Lipinski definition) is 0. The minimum absolute atomic E-state index is 0.107. The van der Waals surface area contributed by atoms with Crippen LogP contribution in [0.4, 0.5) is 0 Å². The van der Waals surface area contributed by atoms with Crippen molar-refractivity contribution in [2.24, 2.45) is 0 Å². The SMILES string of the molecule is C#CCN(CC)C(=O)CCC=C. The first kappa shape index (κ1) is 10.8. The van der Waals surface area contributed by atoms with Crippen LogP contribution in [0, 0.1) is 12.3 Å². The maximum atomic E-state index is 11.3. The normalized spacial score (nSPS) is 8.67. The average Bonchev–Trinajstić information content (AvgIpc) is 2.10. The fourth-order valence-electron chi connectivity index (χ4n) is 0.870. The minimum atomic E-state index is 0.107. The number of terminal acetylenes is 1. The Morgan fingerprint density at radius 2 is 2.42 bits per heavy atom. The van der Waals surface area contributed by atoms with Crippen LogP contribution in [0.3, 0.4) is 0 Å². The third-order valence-electron chi connectivity index (χ3n) is 1.58. The first-order chi connectivity index (χ1) is 5.76. The number of amides is 1. The number of carbonyl (C=O) groups excluding carboxylic acids is 1. The molecule has 0 aliphatic carbocycles. The van der Waals surface area contributed by atoms with Crippen molar-refractivity contribution in [3.8, 4) is 12.3 Å². The van der Waals surface area contributed by atoms with Crippen molar-refractivity contribution in [2.75, 3.05) is 13.1 Å². The van der Waals surface area contributed by atoms with Crippen LogP contribution < -0.4 is 0 Å². The Balaban J connectivity index is 3.86. The lowest BCUT2D eigenvalue weighted by molar-refractivity contribution is -0.130. The third-order valence-corrected chi connectivity index (χ3v) is 1.58. The number of rotatable bonds is 5. The quantitative estimate of drug-likeness (QED) is 0.446. The highest BCUT2D eigenvalue weighted by atomic mass is 16.2. The molecule has 0 rings (SSSR count). The summed E-state index contributed by atoms with van der Waals surface area (Å²) in [4.78, 5) is 13.0. The van der Waals surface area contributed by atoms with Crippen molar-refractivity contribution < 1.29 is 4.79 Å². The Labute approximate surface area is 74.3 Å². The van der Waals surface area contributed by atoms with Crippen molar-refractivity contribution >= 4 is 5.91 Å². The molecule has 66 valence electrons. The highest BCUT2D eigenvalue weighted by molar-refractivity contribution is 5.76. The zero-order chi connectivity index (χ0) is 9.40. The van der Waals surface area contributed by atoms with Crippen LogP contribution in [-0.2, 0) is 4.79 Å². The van der Waals surface area contributed by atoms with Gasteiger partial charge in [-0.3, -0.25) is 4.79 Å². The summed E-state index contributed by atoms with van der Waals surface area (Å²) in [5, 5.41) is 0. The smallest absolute Gasteiger partial charge is 0.223 e. The van der Waals surface area contributed by atoms with Crippen LogP contribution in [0.25, 0.3) is 0 Å². The molecule has 0 saturated carbocycles. The molecule has 0 bridgehead atoms. The minimum Gasteiger partial charge on any atom is -0.332 e. The first-order valence-corrected chi connectivity index (χ1v) is 4.08. The van der Waals surface area contributed by atoms with Gasteiger partial charge >= 0.3 is 0 Å². The first-order valence-electron chi connectivity index (χ1n) is 4.08. The maximum absolute atomic E-state index is 11.3. The second-order valence-corrected chi connectivity index (χ2v) is 2.44. The predicted octanol–water partition coefficient (Wildman–Crippen LogP) is 1.43. The molecule has 0 heterocycles. The van der Waals surface area contributed by atoms with E-state index in [1.807, 2.05) is 6.92 Å². The molecule has 0 fully saturated rings. The van der Waals surface area contributed by atoms with Crippen molar-refractivity contribution in [1.29, 1.82) is 0 Å². The van der Waals surface area contributed by atoms with E-state index in [0.29, 0.717) is 19.5 Å². The zero-order valence-corrected chi connectivity index (χ0v) is 7.55. The summed E-state index contributed by atoms with van der Waals surface area (Å²) in [6, 6.07) is 0. The van der Waals surface area contributed by atoms with Gasteiger partial charge in [0.1, 0.15) is 0 Å². The van der Waals surface area contributed by atoms with Crippen molar-refractivity contribution in [3.05, 3.63) is 12.7 Å². The monoisotopic (exact) mass is 165 g/mol. The van der Waals surface area contributed by atoms with Gasteiger partial charge in [-0.1, -0.05) is 12.0 Å². The second kappa shape index (κ2) is 6.48. The molecule has 0 N–H and O–H groups in total. The molecule has 12 heavy (non-hydrogen) atoms. The van der Waals surface area contributed by atoms with E-state index in [2.05, 4.69) is 12.5 Å². The molecule has 0 aromatic heterocycles. The Hall–Kier alpha value is -1.23. The van der Waals surface area contributed by atoms with Gasteiger partial charge in [-0.2, -0.15) is 0 Å². The summed E-state index contributed by atoms with van der Waals surface area (Å²) in [6.07, 6.45) is 8.08. The molecule has 0 aliphatic rings. The summed E-state index contributed by atoms with van der Waals surface area (Å²) in [6.45, 7) is 6.56. The van der Waals surface area contributed by atoms with Gasteiger partial charge in [0.15, 0.2) is 0 Å². The van der Waals surface area contributed by atoms with E-state index in [-0.39, 0.29) is 5.91 Å². The summed E-state index contributed by atoms with van der Waals surface area (Å²) >= 11 is 0. The van der Waals surface area contributed by atoms with Gasteiger partial charge in [0.25, 0.3) is 0 Å². The Bertz CT molecular complexity index is 191. The molecule has 2 nitrogen and oxygen atoms in total. The van der Waals surface area contributed by atoms with Gasteiger partial charge in [-0.15, -0.1) is 13.0 Å². The Morgan fingerprint density at radius 1 is 1.75 bits per heavy atom. The van der Waals surface area contributed by atoms with E-state index in [1.54, 1.807) is 11.0 Å². The fourth-order valence-corrected chi connectivity index (χ4v) is 0.870. The van der Waals surface area contributed by atoms with Crippen LogP contribution >= 0.6 is 0 Å². The van der Waals surface area contributed by atoms with Crippen LogP contribution in [0.1, 0.15) is 19.8 Å². The van der Waals surface area contributed by atoms with Crippen LogP contribution in [0.2, 0.25) is 0 Å². The zero-order valence-electron chi connectivity index (χ0n) is 7.55. The summed E-state index contributed by atoms with van der Waals surface area (Å²) < 4.78 is 0. The van der Waals surface area contributed by atoms with Gasteiger partial charge in [-0.05, 0) is 13.3 Å². The molecule has 0 saturated heterocycles.